The molecule has 0 heterocycles. The fourth-order valence-corrected chi connectivity index (χ4v) is 2.02. The van der Waals surface area contributed by atoms with E-state index in [2.05, 4.69) is 0 Å². The van der Waals surface area contributed by atoms with Crippen LogP contribution in [0.15, 0.2) is 42.5 Å². The number of ether oxygens (including phenoxy) is 1. The van der Waals surface area contributed by atoms with Crippen LogP contribution in [0.5, 0.6) is 5.75 Å². The summed E-state index contributed by atoms with van der Waals surface area (Å²) in [5, 5.41) is 0.0548. The van der Waals surface area contributed by atoms with Crippen molar-refractivity contribution in [2.45, 2.75) is 6.18 Å². The fraction of sp³-hybridized carbons (Fsp3) is 0.125. The molecule has 0 fully saturated rings. The summed E-state index contributed by atoms with van der Waals surface area (Å²) >= 11 is 5.73. The highest BCUT2D eigenvalue weighted by Crippen LogP contribution is 2.32. The smallest absolute Gasteiger partial charge is 0.416 e. The van der Waals surface area contributed by atoms with Crippen molar-refractivity contribution in [2.24, 2.45) is 0 Å². The summed E-state index contributed by atoms with van der Waals surface area (Å²) in [6.45, 7) is 0. The standard InChI is InChI=1S/C16H12ClF3O/c1-21-15-6-4-11(5-7-15)2-3-12-8-13(16(18,19)20)10-14(17)9-12/h2-10H,1H3/b3-2+. The van der Waals surface area contributed by atoms with Gasteiger partial charge < -0.3 is 4.74 Å². The first-order chi connectivity index (χ1) is 9.88. The molecule has 0 aliphatic carbocycles. The minimum atomic E-state index is -4.41. The van der Waals surface area contributed by atoms with E-state index in [1.165, 1.54) is 6.07 Å². The molecule has 21 heavy (non-hydrogen) atoms. The van der Waals surface area contributed by atoms with Gasteiger partial charge in [0.25, 0.3) is 0 Å². The summed E-state index contributed by atoms with van der Waals surface area (Å²) < 4.78 is 43.1. The monoisotopic (exact) mass is 312 g/mol. The molecule has 2 aromatic rings. The number of alkyl halides is 3. The topological polar surface area (TPSA) is 9.23 Å². The van der Waals surface area contributed by atoms with Gasteiger partial charge in [0, 0.05) is 5.02 Å². The van der Waals surface area contributed by atoms with Gasteiger partial charge in [-0.25, -0.2) is 0 Å². The van der Waals surface area contributed by atoms with Crippen LogP contribution in [-0.4, -0.2) is 7.11 Å². The average molecular weight is 313 g/mol. The largest absolute Gasteiger partial charge is 0.497 e. The Balaban J connectivity index is 2.25. The van der Waals surface area contributed by atoms with E-state index in [1.54, 1.807) is 31.4 Å². The van der Waals surface area contributed by atoms with Gasteiger partial charge >= 0.3 is 6.18 Å². The van der Waals surface area contributed by atoms with Crippen LogP contribution >= 0.6 is 11.6 Å². The van der Waals surface area contributed by atoms with Crippen molar-refractivity contribution in [1.29, 1.82) is 0 Å². The van der Waals surface area contributed by atoms with Crippen LogP contribution in [0.4, 0.5) is 13.2 Å². The molecule has 0 saturated carbocycles. The average Bonchev–Trinajstić information content (AvgIpc) is 2.44. The maximum absolute atomic E-state index is 12.7. The first kappa shape index (κ1) is 15.4. The lowest BCUT2D eigenvalue weighted by Gasteiger charge is -2.08. The molecule has 0 aliphatic rings. The maximum atomic E-state index is 12.7. The molecule has 0 amide bonds. The zero-order chi connectivity index (χ0) is 15.5. The lowest BCUT2D eigenvalue weighted by molar-refractivity contribution is -0.137. The van der Waals surface area contributed by atoms with Gasteiger partial charge in [-0.2, -0.15) is 13.2 Å². The molecule has 0 aromatic heterocycles. The number of hydrogen-bond donors (Lipinski definition) is 0. The Hall–Kier alpha value is -1.94. The molecule has 0 aliphatic heterocycles. The third-order valence-electron chi connectivity index (χ3n) is 2.83. The molecule has 0 unspecified atom stereocenters. The van der Waals surface area contributed by atoms with E-state index in [9.17, 15) is 13.2 Å². The van der Waals surface area contributed by atoms with Gasteiger partial charge in [-0.05, 0) is 41.5 Å². The van der Waals surface area contributed by atoms with Crippen molar-refractivity contribution in [3.63, 3.8) is 0 Å². The SMILES string of the molecule is COc1ccc(/C=C/c2cc(Cl)cc(C(F)(F)F)c2)cc1. The van der Waals surface area contributed by atoms with Crippen LogP contribution < -0.4 is 4.74 Å². The van der Waals surface area contributed by atoms with E-state index in [1.807, 2.05) is 12.1 Å². The maximum Gasteiger partial charge on any atom is 0.416 e. The Morgan fingerprint density at radius 1 is 0.952 bits per heavy atom. The van der Waals surface area contributed by atoms with Crippen molar-refractivity contribution >= 4 is 23.8 Å². The van der Waals surface area contributed by atoms with E-state index in [0.29, 0.717) is 11.3 Å². The molecule has 0 atom stereocenters. The van der Waals surface area contributed by atoms with Crippen molar-refractivity contribution in [1.82, 2.24) is 0 Å². The Morgan fingerprint density at radius 2 is 1.57 bits per heavy atom. The first-order valence-corrected chi connectivity index (χ1v) is 6.46. The molecular weight excluding hydrogens is 301 g/mol. The van der Waals surface area contributed by atoms with Gasteiger partial charge in [0.2, 0.25) is 0 Å². The molecule has 0 radical (unpaired) electrons. The molecule has 1 nitrogen and oxygen atoms in total. The fourth-order valence-electron chi connectivity index (χ4n) is 1.78. The van der Waals surface area contributed by atoms with Crippen LogP contribution in [0.1, 0.15) is 16.7 Å². The summed E-state index contributed by atoms with van der Waals surface area (Å²) in [4.78, 5) is 0. The first-order valence-electron chi connectivity index (χ1n) is 6.08. The van der Waals surface area contributed by atoms with Gasteiger partial charge in [-0.3, -0.25) is 0 Å². The minimum absolute atomic E-state index is 0.0548. The number of hydrogen-bond acceptors (Lipinski definition) is 1. The van der Waals surface area contributed by atoms with Crippen molar-refractivity contribution in [3.05, 3.63) is 64.2 Å². The molecular formula is C16H12ClF3O. The summed E-state index contributed by atoms with van der Waals surface area (Å²) in [5.41, 5.74) is 0.486. The molecule has 0 bridgehead atoms. The Morgan fingerprint density at radius 3 is 2.14 bits per heavy atom. The molecule has 0 N–H and O–H groups in total. The van der Waals surface area contributed by atoms with Crippen LogP contribution in [0.25, 0.3) is 12.2 Å². The molecule has 0 spiro atoms. The highest BCUT2D eigenvalue weighted by atomic mass is 35.5. The molecule has 110 valence electrons. The van der Waals surface area contributed by atoms with Crippen LogP contribution in [0.2, 0.25) is 5.02 Å². The van der Waals surface area contributed by atoms with Crippen molar-refractivity contribution < 1.29 is 17.9 Å². The molecule has 2 aromatic carbocycles. The minimum Gasteiger partial charge on any atom is -0.497 e. The predicted octanol–water partition coefficient (Wildman–Crippen LogP) is 5.54. The van der Waals surface area contributed by atoms with Gasteiger partial charge in [-0.15, -0.1) is 0 Å². The zero-order valence-electron chi connectivity index (χ0n) is 11.1. The summed E-state index contributed by atoms with van der Waals surface area (Å²) in [7, 11) is 1.56. The van der Waals surface area contributed by atoms with Gasteiger partial charge in [0.15, 0.2) is 0 Å². The number of methoxy groups -OCH3 is 1. The highest BCUT2D eigenvalue weighted by molar-refractivity contribution is 6.30. The Bertz CT molecular complexity index is 646. The number of rotatable bonds is 3. The van der Waals surface area contributed by atoms with Crippen LogP contribution in [-0.2, 0) is 6.18 Å². The van der Waals surface area contributed by atoms with Crippen LogP contribution in [0.3, 0.4) is 0 Å². The lowest BCUT2D eigenvalue weighted by atomic mass is 10.1. The number of halogens is 4. The molecule has 0 saturated heterocycles. The second-order valence-electron chi connectivity index (χ2n) is 4.38. The van der Waals surface area contributed by atoms with Crippen LogP contribution in [0, 0.1) is 0 Å². The lowest BCUT2D eigenvalue weighted by Crippen LogP contribution is -2.04. The highest BCUT2D eigenvalue weighted by Gasteiger charge is 2.30. The second kappa shape index (κ2) is 6.22. The van der Waals surface area contributed by atoms with Gasteiger partial charge in [0.05, 0.1) is 12.7 Å². The van der Waals surface area contributed by atoms with E-state index < -0.39 is 11.7 Å². The molecule has 5 heteroatoms. The quantitative estimate of drug-likeness (QED) is 0.676. The van der Waals surface area contributed by atoms with E-state index >= 15 is 0 Å². The van der Waals surface area contributed by atoms with E-state index in [4.69, 9.17) is 16.3 Å². The Kier molecular flexibility index (Phi) is 4.58. The van der Waals surface area contributed by atoms with Gasteiger partial charge in [0.1, 0.15) is 5.75 Å². The molecule has 2 rings (SSSR count). The third-order valence-corrected chi connectivity index (χ3v) is 3.05. The summed E-state index contributed by atoms with van der Waals surface area (Å²) in [6, 6.07) is 10.6. The normalized spacial score (nSPS) is 11.9. The third kappa shape index (κ3) is 4.26. The predicted molar refractivity (Wildman–Crippen MR) is 78.4 cm³/mol. The van der Waals surface area contributed by atoms with Crippen molar-refractivity contribution in [3.8, 4) is 5.75 Å². The second-order valence-corrected chi connectivity index (χ2v) is 4.81. The van der Waals surface area contributed by atoms with E-state index in [-0.39, 0.29) is 5.02 Å². The van der Waals surface area contributed by atoms with Crippen molar-refractivity contribution in [2.75, 3.05) is 7.11 Å². The van der Waals surface area contributed by atoms with Gasteiger partial charge in [-0.1, -0.05) is 35.9 Å². The summed E-state index contributed by atoms with van der Waals surface area (Å²) in [6.07, 6.45) is -1.11. The Labute approximate surface area is 125 Å². The number of benzene rings is 2. The van der Waals surface area contributed by atoms with E-state index in [0.717, 1.165) is 17.7 Å². The summed E-state index contributed by atoms with van der Waals surface area (Å²) in [5.74, 6) is 0.717. The zero-order valence-corrected chi connectivity index (χ0v) is 11.9.